The van der Waals surface area contributed by atoms with Crippen LogP contribution >= 0.6 is 0 Å². The van der Waals surface area contributed by atoms with Crippen molar-refractivity contribution >= 4 is 6.09 Å². The van der Waals surface area contributed by atoms with Crippen LogP contribution in [-0.2, 0) is 17.6 Å². The van der Waals surface area contributed by atoms with E-state index < -0.39 is 5.60 Å². The molecule has 2 aromatic rings. The number of amides is 1. The van der Waals surface area contributed by atoms with Gasteiger partial charge in [-0.05, 0) is 63.6 Å². The average Bonchev–Trinajstić information content (AvgIpc) is 3.14. The van der Waals surface area contributed by atoms with Gasteiger partial charge in [0, 0.05) is 6.54 Å². The van der Waals surface area contributed by atoms with Crippen LogP contribution in [0.3, 0.4) is 0 Å². The molecule has 1 aliphatic rings. The molecule has 150 valence electrons. The molecule has 0 radical (unpaired) electrons. The molecular formula is C24H31NO3. The molecule has 1 atom stereocenters. The zero-order valence-corrected chi connectivity index (χ0v) is 17.2. The Kier molecular flexibility index (Phi) is 6.61. The minimum atomic E-state index is -0.477. The predicted molar refractivity (Wildman–Crippen MR) is 112 cm³/mol. The van der Waals surface area contributed by atoms with Gasteiger partial charge in [-0.25, -0.2) is 4.79 Å². The summed E-state index contributed by atoms with van der Waals surface area (Å²) in [5.41, 5.74) is 2.05. The van der Waals surface area contributed by atoms with Gasteiger partial charge in [-0.1, -0.05) is 48.5 Å². The normalized spacial score (nSPS) is 16.8. The van der Waals surface area contributed by atoms with E-state index in [9.17, 15) is 4.79 Å². The quantitative estimate of drug-likeness (QED) is 0.686. The highest BCUT2D eigenvalue weighted by molar-refractivity contribution is 5.69. The Morgan fingerprint density at radius 1 is 1.04 bits per heavy atom. The molecule has 0 aliphatic carbocycles. The van der Waals surface area contributed by atoms with Crippen molar-refractivity contribution in [1.82, 2.24) is 4.90 Å². The van der Waals surface area contributed by atoms with Crippen LogP contribution in [0, 0.1) is 0 Å². The lowest BCUT2D eigenvalue weighted by Crippen LogP contribution is -2.42. The van der Waals surface area contributed by atoms with Crippen LogP contribution in [-0.4, -0.2) is 35.8 Å². The maximum atomic E-state index is 12.5. The van der Waals surface area contributed by atoms with E-state index >= 15 is 0 Å². The first kappa shape index (κ1) is 20.2. The molecule has 4 nitrogen and oxygen atoms in total. The second-order valence-electron chi connectivity index (χ2n) is 8.37. The zero-order chi connectivity index (χ0) is 20.0. The van der Waals surface area contributed by atoms with Gasteiger partial charge in [0.15, 0.2) is 0 Å². The molecule has 1 fully saturated rings. The van der Waals surface area contributed by atoms with E-state index in [4.69, 9.17) is 9.47 Å². The number of para-hydroxylation sites is 1. The highest BCUT2D eigenvalue weighted by atomic mass is 16.6. The maximum Gasteiger partial charge on any atom is 0.410 e. The lowest BCUT2D eigenvalue weighted by molar-refractivity contribution is 0.0187. The van der Waals surface area contributed by atoms with Crippen molar-refractivity contribution < 1.29 is 14.3 Å². The fraction of sp³-hybridized carbons (Fsp3) is 0.458. The smallest absolute Gasteiger partial charge is 0.410 e. The van der Waals surface area contributed by atoms with Crippen LogP contribution in [0.2, 0.25) is 0 Å². The summed E-state index contributed by atoms with van der Waals surface area (Å²) >= 11 is 0. The number of rotatable bonds is 6. The van der Waals surface area contributed by atoms with Crippen LogP contribution in [0.15, 0.2) is 54.6 Å². The van der Waals surface area contributed by atoms with E-state index in [2.05, 4.69) is 36.4 Å². The molecule has 0 N–H and O–H groups in total. The highest BCUT2D eigenvalue weighted by Crippen LogP contribution is 2.24. The minimum absolute atomic E-state index is 0.0667. The largest absolute Gasteiger partial charge is 0.491 e. The monoisotopic (exact) mass is 381 g/mol. The highest BCUT2D eigenvalue weighted by Gasteiger charge is 2.32. The Bertz CT molecular complexity index is 767. The summed E-state index contributed by atoms with van der Waals surface area (Å²) in [4.78, 5) is 14.3. The van der Waals surface area contributed by atoms with Crippen molar-refractivity contribution in [3.8, 4) is 5.75 Å². The Morgan fingerprint density at radius 2 is 1.75 bits per heavy atom. The molecule has 1 saturated heterocycles. The molecule has 2 aromatic carbocycles. The van der Waals surface area contributed by atoms with E-state index in [1.165, 1.54) is 11.1 Å². The molecule has 1 amide bonds. The fourth-order valence-corrected chi connectivity index (χ4v) is 3.53. The third-order valence-electron chi connectivity index (χ3n) is 4.93. The van der Waals surface area contributed by atoms with Crippen molar-refractivity contribution in [2.24, 2.45) is 0 Å². The fourth-order valence-electron chi connectivity index (χ4n) is 3.53. The van der Waals surface area contributed by atoms with Crippen LogP contribution in [0.1, 0.15) is 44.7 Å². The van der Waals surface area contributed by atoms with E-state index in [1.54, 1.807) is 0 Å². The summed E-state index contributed by atoms with van der Waals surface area (Å²) in [6.45, 7) is 6.93. The van der Waals surface area contributed by atoms with Crippen molar-refractivity contribution in [2.45, 2.75) is 58.1 Å². The number of ether oxygens (including phenoxy) is 2. The van der Waals surface area contributed by atoms with Crippen molar-refractivity contribution in [2.75, 3.05) is 13.2 Å². The number of hydrogen-bond donors (Lipinski definition) is 0. The number of carbonyl (C=O) groups is 1. The maximum absolute atomic E-state index is 12.5. The molecule has 4 heteroatoms. The first-order valence-corrected chi connectivity index (χ1v) is 10.2. The Hall–Kier alpha value is -2.49. The van der Waals surface area contributed by atoms with E-state index in [-0.39, 0.29) is 12.1 Å². The summed E-state index contributed by atoms with van der Waals surface area (Å²) in [5, 5.41) is 0. The summed E-state index contributed by atoms with van der Waals surface area (Å²) in [5.74, 6) is 0.912. The van der Waals surface area contributed by atoms with Crippen molar-refractivity contribution in [1.29, 1.82) is 0 Å². The van der Waals surface area contributed by atoms with Gasteiger partial charge in [-0.2, -0.15) is 0 Å². The first-order valence-electron chi connectivity index (χ1n) is 10.2. The van der Waals surface area contributed by atoms with Crippen LogP contribution in [0.4, 0.5) is 4.79 Å². The molecular weight excluding hydrogens is 350 g/mol. The van der Waals surface area contributed by atoms with Crippen LogP contribution in [0.25, 0.3) is 0 Å². The second kappa shape index (κ2) is 9.13. The van der Waals surface area contributed by atoms with E-state index in [0.29, 0.717) is 6.61 Å². The number of aryl methyl sites for hydroxylation is 2. The molecule has 3 rings (SSSR count). The topological polar surface area (TPSA) is 38.8 Å². The minimum Gasteiger partial charge on any atom is -0.491 e. The Labute approximate surface area is 168 Å². The standard InChI is InChI=1S/C24H31NO3/c1-24(2,3)28-23(26)25-17-9-13-21(25)18-27-22-14-8-7-12-20(22)16-15-19-10-5-4-6-11-19/h4-8,10-12,14,21H,9,13,15-18H2,1-3H3. The average molecular weight is 382 g/mol. The first-order chi connectivity index (χ1) is 13.4. The lowest BCUT2D eigenvalue weighted by Gasteiger charge is -2.28. The summed E-state index contributed by atoms with van der Waals surface area (Å²) in [6.07, 6.45) is 3.61. The van der Waals surface area contributed by atoms with Gasteiger partial charge in [0.25, 0.3) is 0 Å². The summed E-state index contributed by atoms with van der Waals surface area (Å²) < 4.78 is 11.7. The Balaban J connectivity index is 1.59. The molecule has 28 heavy (non-hydrogen) atoms. The predicted octanol–water partition coefficient (Wildman–Crippen LogP) is 5.25. The van der Waals surface area contributed by atoms with Gasteiger partial charge in [0.05, 0.1) is 6.04 Å². The molecule has 0 spiro atoms. The van der Waals surface area contributed by atoms with E-state index in [1.807, 2.05) is 43.9 Å². The van der Waals surface area contributed by atoms with Gasteiger partial charge >= 0.3 is 6.09 Å². The molecule has 0 saturated carbocycles. The van der Waals surface area contributed by atoms with Gasteiger partial charge in [0.1, 0.15) is 18.0 Å². The van der Waals surface area contributed by atoms with Gasteiger partial charge in [-0.15, -0.1) is 0 Å². The van der Waals surface area contributed by atoms with Crippen molar-refractivity contribution in [3.05, 3.63) is 65.7 Å². The number of hydrogen-bond acceptors (Lipinski definition) is 3. The SMILES string of the molecule is CC(C)(C)OC(=O)N1CCCC1COc1ccccc1CCc1ccccc1. The Morgan fingerprint density at radius 3 is 2.50 bits per heavy atom. The van der Waals surface area contributed by atoms with E-state index in [0.717, 1.165) is 38.0 Å². The number of carbonyl (C=O) groups excluding carboxylic acids is 1. The molecule has 1 aliphatic heterocycles. The summed E-state index contributed by atoms with van der Waals surface area (Å²) in [7, 11) is 0. The zero-order valence-electron chi connectivity index (χ0n) is 17.2. The molecule has 1 unspecified atom stereocenters. The third-order valence-corrected chi connectivity index (χ3v) is 4.93. The third kappa shape index (κ3) is 5.75. The van der Waals surface area contributed by atoms with Gasteiger partial charge in [-0.3, -0.25) is 0 Å². The van der Waals surface area contributed by atoms with Gasteiger partial charge in [0.2, 0.25) is 0 Å². The van der Waals surface area contributed by atoms with Crippen LogP contribution < -0.4 is 4.74 Å². The molecule has 0 aromatic heterocycles. The number of likely N-dealkylation sites (tertiary alicyclic amines) is 1. The molecule has 0 bridgehead atoms. The summed E-state index contributed by atoms with van der Waals surface area (Å²) in [6, 6.07) is 18.8. The van der Waals surface area contributed by atoms with Crippen LogP contribution in [0.5, 0.6) is 5.75 Å². The van der Waals surface area contributed by atoms with Gasteiger partial charge < -0.3 is 14.4 Å². The second-order valence-corrected chi connectivity index (χ2v) is 8.37. The molecule has 1 heterocycles. The number of nitrogens with zero attached hydrogens (tertiary/aromatic N) is 1. The number of benzene rings is 2. The van der Waals surface area contributed by atoms with Crippen molar-refractivity contribution in [3.63, 3.8) is 0 Å². The lowest BCUT2D eigenvalue weighted by atomic mass is 10.0.